The minimum Gasteiger partial charge on any atom is -0.487 e. The predicted octanol–water partition coefficient (Wildman–Crippen LogP) is 7.26. The number of nitrogens with zero attached hydrogens (tertiary/aromatic N) is 2. The molecule has 4 rings (SSSR count). The van der Waals surface area contributed by atoms with Gasteiger partial charge in [0.05, 0.1) is 5.52 Å². The highest BCUT2D eigenvalue weighted by Crippen LogP contribution is 2.56. The van der Waals surface area contributed by atoms with Gasteiger partial charge in [-0.05, 0) is 92.5 Å². The van der Waals surface area contributed by atoms with Crippen molar-refractivity contribution in [2.75, 3.05) is 5.73 Å². The summed E-state index contributed by atoms with van der Waals surface area (Å²) in [5.41, 5.74) is 6.98. The summed E-state index contributed by atoms with van der Waals surface area (Å²) in [5.74, 6) is 0.952. The fourth-order valence-corrected chi connectivity index (χ4v) is 5.47. The molecule has 7 nitrogen and oxygen atoms in total. The molecule has 214 valence electrons. The molecule has 0 radical (unpaired) electrons. The lowest BCUT2D eigenvalue weighted by Crippen LogP contribution is -2.36. The Labute approximate surface area is 233 Å². The zero-order valence-corrected chi connectivity index (χ0v) is 24.1. The molecule has 0 aliphatic carbocycles. The summed E-state index contributed by atoms with van der Waals surface area (Å²) in [5, 5.41) is 1.98. The van der Waals surface area contributed by atoms with E-state index in [1.807, 2.05) is 70.3 Å². The third kappa shape index (κ3) is 6.27. The van der Waals surface area contributed by atoms with E-state index in [0.717, 1.165) is 51.4 Å². The number of aryl methyl sites for hydroxylation is 4. The number of rotatable bonds is 11. The Morgan fingerprint density at radius 3 is 2.35 bits per heavy atom. The Morgan fingerprint density at radius 2 is 1.70 bits per heavy atom. The lowest BCUT2D eigenvalue weighted by Gasteiger charge is -2.34. The Kier molecular flexibility index (Phi) is 8.50. The maximum Gasteiger partial charge on any atom is 0.394 e. The zero-order chi connectivity index (χ0) is 29.3. The largest absolute Gasteiger partial charge is 0.487 e. The minimum absolute atomic E-state index is 0.178. The van der Waals surface area contributed by atoms with Crippen molar-refractivity contribution in [1.29, 1.82) is 0 Å². The highest BCUT2D eigenvalue weighted by molar-refractivity contribution is 7.53. The van der Waals surface area contributed by atoms with Crippen molar-refractivity contribution < 1.29 is 27.9 Å². The fourth-order valence-electron chi connectivity index (χ4n) is 5.06. The predicted molar refractivity (Wildman–Crippen MR) is 155 cm³/mol. The lowest BCUT2D eigenvalue weighted by molar-refractivity contribution is -0.00103. The van der Waals surface area contributed by atoms with Crippen molar-refractivity contribution in [3.05, 3.63) is 70.9 Å². The average molecular weight is 572 g/mol. The number of hydrogen-bond acceptors (Lipinski definition) is 5. The Morgan fingerprint density at radius 1 is 0.975 bits per heavy atom. The minimum atomic E-state index is -5.54. The first-order valence-electron chi connectivity index (χ1n) is 13.4. The molecule has 0 saturated carbocycles. The fraction of sp³-hybridized carbons (Fsp3) is 0.400. The molecule has 0 unspecified atom stereocenters. The molecule has 40 heavy (non-hydrogen) atoms. The molecule has 0 saturated heterocycles. The first kappa shape index (κ1) is 29.8. The molecule has 4 aromatic rings. The summed E-state index contributed by atoms with van der Waals surface area (Å²) in [6, 6.07) is 13.9. The van der Waals surface area contributed by atoms with E-state index in [1.165, 1.54) is 0 Å². The second-order valence-corrected chi connectivity index (χ2v) is 12.3. The lowest BCUT2D eigenvalue weighted by atomic mass is 9.91. The van der Waals surface area contributed by atoms with Gasteiger partial charge in [-0.1, -0.05) is 32.0 Å². The number of aromatic nitrogens is 2. The van der Waals surface area contributed by atoms with Gasteiger partial charge in [-0.15, -0.1) is 0 Å². The van der Waals surface area contributed by atoms with E-state index < -0.39 is 25.3 Å². The topological polar surface area (TPSA) is 119 Å². The average Bonchev–Trinajstić information content (AvgIpc) is 2.90. The number of fused-ring (bicyclic) bond motifs is 3. The molecule has 0 bridgehead atoms. The number of anilines is 1. The summed E-state index contributed by atoms with van der Waals surface area (Å²) in [7, 11) is -5.54. The third-order valence-corrected chi connectivity index (χ3v) is 8.87. The molecule has 0 fully saturated rings. The molecule has 0 spiro atoms. The summed E-state index contributed by atoms with van der Waals surface area (Å²) < 4.78 is 45.4. The zero-order valence-electron chi connectivity index (χ0n) is 23.2. The van der Waals surface area contributed by atoms with Crippen molar-refractivity contribution in [1.82, 2.24) is 9.97 Å². The van der Waals surface area contributed by atoms with Gasteiger partial charge in [-0.2, -0.15) is 8.78 Å². The van der Waals surface area contributed by atoms with Gasteiger partial charge in [-0.25, -0.2) is 4.98 Å². The SMILES string of the molecule is CCC(CC)(CCC(F)(F)P(=O)(O)O)Oc1ccc(CCc2cnc3c(N)nc4cc(C)ccc4c3c2)c(C)c1. The first-order valence-corrected chi connectivity index (χ1v) is 15.1. The van der Waals surface area contributed by atoms with Gasteiger partial charge >= 0.3 is 13.3 Å². The van der Waals surface area contributed by atoms with Crippen LogP contribution < -0.4 is 10.5 Å². The number of nitrogens with two attached hydrogens (primary N) is 1. The first-order chi connectivity index (χ1) is 18.8. The molecule has 2 aromatic carbocycles. The van der Waals surface area contributed by atoms with Crippen LogP contribution in [-0.2, 0) is 17.4 Å². The molecule has 0 atom stereocenters. The van der Waals surface area contributed by atoms with Crippen LogP contribution in [0.2, 0.25) is 0 Å². The highest BCUT2D eigenvalue weighted by Gasteiger charge is 2.49. The van der Waals surface area contributed by atoms with Gasteiger partial charge in [0, 0.05) is 23.4 Å². The van der Waals surface area contributed by atoms with Crippen molar-refractivity contribution in [2.24, 2.45) is 0 Å². The van der Waals surface area contributed by atoms with Crippen LogP contribution in [-0.4, -0.2) is 31.0 Å². The van der Waals surface area contributed by atoms with Crippen LogP contribution in [0, 0.1) is 13.8 Å². The highest BCUT2D eigenvalue weighted by atomic mass is 31.2. The summed E-state index contributed by atoms with van der Waals surface area (Å²) in [6.07, 6.45) is 3.06. The Bertz CT molecular complexity index is 1580. The van der Waals surface area contributed by atoms with Crippen LogP contribution in [0.25, 0.3) is 21.8 Å². The Hall–Kier alpha value is -3.13. The number of alkyl halides is 2. The summed E-state index contributed by atoms with van der Waals surface area (Å²) in [6.45, 7) is 7.65. The van der Waals surface area contributed by atoms with Crippen LogP contribution in [0.4, 0.5) is 14.6 Å². The van der Waals surface area contributed by atoms with E-state index in [-0.39, 0.29) is 6.42 Å². The number of ether oxygens (including phenoxy) is 1. The molecular formula is C30H36F2N3O4P. The molecule has 0 amide bonds. The standard InChI is InChI=1S/C30H36F2N3O4P/c1-5-29(6-2,13-14-30(31,32)40(36,37)38)39-23-11-10-22(20(4)16-23)9-8-21-17-25-24-12-7-19(3)15-26(24)35-28(33)27(25)34-18-21/h7,10-12,15-18H,5-6,8-9,13-14H2,1-4H3,(H2,33,35)(H2,36,37,38). The van der Waals surface area contributed by atoms with E-state index in [9.17, 15) is 13.3 Å². The van der Waals surface area contributed by atoms with Crippen molar-refractivity contribution in [3.8, 4) is 5.75 Å². The van der Waals surface area contributed by atoms with Gasteiger partial charge < -0.3 is 20.3 Å². The molecule has 0 aliphatic heterocycles. The van der Waals surface area contributed by atoms with Gasteiger partial charge in [-0.3, -0.25) is 9.55 Å². The van der Waals surface area contributed by atoms with Crippen molar-refractivity contribution in [3.63, 3.8) is 0 Å². The number of nitrogen functional groups attached to an aromatic ring is 1. The van der Waals surface area contributed by atoms with Crippen LogP contribution in [0.5, 0.6) is 5.75 Å². The number of hydrogen-bond donors (Lipinski definition) is 3. The second-order valence-electron chi connectivity index (χ2n) is 10.5. The molecule has 4 N–H and O–H groups in total. The van der Waals surface area contributed by atoms with E-state index in [4.69, 9.17) is 20.3 Å². The van der Waals surface area contributed by atoms with E-state index >= 15 is 0 Å². The van der Waals surface area contributed by atoms with Gasteiger partial charge in [0.1, 0.15) is 16.9 Å². The number of pyridine rings is 2. The van der Waals surface area contributed by atoms with E-state index in [0.29, 0.717) is 29.9 Å². The Balaban J connectivity index is 1.50. The van der Waals surface area contributed by atoms with Gasteiger partial charge in [0.15, 0.2) is 5.82 Å². The molecule has 0 aliphatic rings. The quantitative estimate of drug-likeness (QED) is 0.128. The van der Waals surface area contributed by atoms with Gasteiger partial charge in [0.25, 0.3) is 0 Å². The van der Waals surface area contributed by atoms with E-state index in [1.54, 1.807) is 0 Å². The summed E-state index contributed by atoms with van der Waals surface area (Å²) >= 11 is 0. The normalized spacial score (nSPS) is 12.8. The molecule has 10 heteroatoms. The van der Waals surface area contributed by atoms with Crippen LogP contribution in [0.3, 0.4) is 0 Å². The van der Waals surface area contributed by atoms with E-state index in [2.05, 4.69) is 16.0 Å². The maximum absolute atomic E-state index is 14.0. The van der Waals surface area contributed by atoms with Crippen molar-refractivity contribution in [2.45, 2.75) is 77.5 Å². The molecule has 2 aromatic heterocycles. The number of benzene rings is 2. The molecular weight excluding hydrogens is 535 g/mol. The van der Waals surface area contributed by atoms with Crippen molar-refractivity contribution >= 4 is 35.2 Å². The van der Waals surface area contributed by atoms with Crippen LogP contribution in [0.1, 0.15) is 61.8 Å². The second kappa shape index (κ2) is 11.4. The smallest absolute Gasteiger partial charge is 0.394 e. The number of halogens is 2. The van der Waals surface area contributed by atoms with Crippen LogP contribution >= 0.6 is 7.60 Å². The van der Waals surface area contributed by atoms with Crippen LogP contribution in [0.15, 0.2) is 48.7 Å². The summed E-state index contributed by atoms with van der Waals surface area (Å²) in [4.78, 5) is 27.1. The molecule has 2 heterocycles. The van der Waals surface area contributed by atoms with Gasteiger partial charge in [0.2, 0.25) is 0 Å². The monoisotopic (exact) mass is 571 g/mol. The third-order valence-electron chi connectivity index (χ3n) is 7.80. The maximum atomic E-state index is 14.0.